The van der Waals surface area contributed by atoms with E-state index in [1.54, 1.807) is 4.68 Å². The lowest BCUT2D eigenvalue weighted by molar-refractivity contribution is -0.118. The van der Waals surface area contributed by atoms with Crippen LogP contribution in [0, 0.1) is 0 Å². The molecule has 0 aliphatic rings. The van der Waals surface area contributed by atoms with Gasteiger partial charge in [0, 0.05) is 26.3 Å². The van der Waals surface area contributed by atoms with Crippen molar-refractivity contribution in [2.75, 3.05) is 13.2 Å². The Bertz CT molecular complexity index is 311. The predicted molar refractivity (Wildman–Crippen MR) is 54.1 cm³/mol. The molecule has 6 nitrogen and oxygen atoms in total. The molecule has 15 heavy (non-hydrogen) atoms. The van der Waals surface area contributed by atoms with Crippen LogP contribution in [0.1, 0.15) is 19.0 Å². The van der Waals surface area contributed by atoms with E-state index in [1.807, 2.05) is 6.20 Å². The number of aryl methyl sites for hydroxylation is 1. The van der Waals surface area contributed by atoms with Crippen molar-refractivity contribution >= 4 is 5.91 Å². The zero-order valence-corrected chi connectivity index (χ0v) is 8.81. The summed E-state index contributed by atoms with van der Waals surface area (Å²) in [4.78, 5) is 10.6. The van der Waals surface area contributed by atoms with E-state index < -0.39 is 0 Å². The van der Waals surface area contributed by atoms with E-state index in [1.165, 1.54) is 6.92 Å². The van der Waals surface area contributed by atoms with Gasteiger partial charge in [-0.2, -0.15) is 0 Å². The normalized spacial score (nSPS) is 10.3. The molecule has 1 amide bonds. The molecule has 84 valence electrons. The van der Waals surface area contributed by atoms with Crippen LogP contribution in [0.5, 0.6) is 0 Å². The van der Waals surface area contributed by atoms with Gasteiger partial charge in [0.2, 0.25) is 5.91 Å². The maximum atomic E-state index is 10.6. The second-order valence-electron chi connectivity index (χ2n) is 3.28. The Kier molecular flexibility index (Phi) is 4.76. The molecule has 0 atom stereocenters. The zero-order chi connectivity index (χ0) is 11.1. The second kappa shape index (κ2) is 6.13. The summed E-state index contributed by atoms with van der Waals surface area (Å²) in [5, 5.41) is 19.2. The van der Waals surface area contributed by atoms with Crippen LogP contribution < -0.4 is 5.32 Å². The van der Waals surface area contributed by atoms with Gasteiger partial charge in [-0.05, 0) is 12.8 Å². The molecule has 1 aromatic rings. The van der Waals surface area contributed by atoms with Crippen LogP contribution in [0.25, 0.3) is 0 Å². The van der Waals surface area contributed by atoms with E-state index in [0.717, 1.165) is 12.1 Å². The number of aliphatic hydroxyl groups is 1. The standard InChI is InChI=1S/C9H16N4O2/c1-8(15)10-4-5-13-7-9(11-12-13)3-2-6-14/h7,14H,2-6H2,1H3,(H,10,15). The fourth-order valence-corrected chi connectivity index (χ4v) is 1.17. The molecule has 0 radical (unpaired) electrons. The van der Waals surface area contributed by atoms with Gasteiger partial charge in [0.1, 0.15) is 0 Å². The van der Waals surface area contributed by atoms with Gasteiger partial charge < -0.3 is 10.4 Å². The molecule has 0 spiro atoms. The van der Waals surface area contributed by atoms with Crippen molar-refractivity contribution < 1.29 is 9.90 Å². The summed E-state index contributed by atoms with van der Waals surface area (Å²) in [6.07, 6.45) is 3.26. The van der Waals surface area contributed by atoms with Crippen LogP contribution in [-0.2, 0) is 17.8 Å². The zero-order valence-electron chi connectivity index (χ0n) is 8.81. The summed E-state index contributed by atoms with van der Waals surface area (Å²) >= 11 is 0. The molecular formula is C9H16N4O2. The fourth-order valence-electron chi connectivity index (χ4n) is 1.17. The predicted octanol–water partition coefficient (Wildman–Crippen LogP) is -0.661. The molecule has 0 bridgehead atoms. The molecule has 1 aromatic heterocycles. The quantitative estimate of drug-likeness (QED) is 0.656. The van der Waals surface area contributed by atoms with Gasteiger partial charge in [-0.1, -0.05) is 5.21 Å². The van der Waals surface area contributed by atoms with E-state index in [4.69, 9.17) is 5.11 Å². The van der Waals surface area contributed by atoms with Gasteiger partial charge in [0.15, 0.2) is 0 Å². The first-order chi connectivity index (χ1) is 7.22. The lowest BCUT2D eigenvalue weighted by atomic mass is 10.3. The first kappa shape index (κ1) is 11.6. The van der Waals surface area contributed by atoms with Crippen molar-refractivity contribution in [1.29, 1.82) is 0 Å². The van der Waals surface area contributed by atoms with Gasteiger partial charge in [0.25, 0.3) is 0 Å². The van der Waals surface area contributed by atoms with Crippen molar-refractivity contribution in [3.8, 4) is 0 Å². The molecule has 1 rings (SSSR count). The molecule has 0 saturated heterocycles. The summed E-state index contributed by atoms with van der Waals surface area (Å²) in [6.45, 7) is 2.82. The van der Waals surface area contributed by atoms with Gasteiger partial charge in [-0.25, -0.2) is 0 Å². The molecule has 0 saturated carbocycles. The van der Waals surface area contributed by atoms with Crippen LogP contribution in [-0.4, -0.2) is 39.2 Å². The summed E-state index contributed by atoms with van der Waals surface area (Å²) in [5.74, 6) is -0.0457. The van der Waals surface area contributed by atoms with Gasteiger partial charge >= 0.3 is 0 Å². The number of nitrogens with zero attached hydrogens (tertiary/aromatic N) is 3. The van der Waals surface area contributed by atoms with Crippen LogP contribution in [0.2, 0.25) is 0 Å². The summed E-state index contributed by atoms with van der Waals surface area (Å²) < 4.78 is 1.68. The number of rotatable bonds is 6. The van der Waals surface area contributed by atoms with Gasteiger partial charge in [-0.15, -0.1) is 5.10 Å². The highest BCUT2D eigenvalue weighted by atomic mass is 16.2. The maximum Gasteiger partial charge on any atom is 0.216 e. The van der Waals surface area contributed by atoms with Crippen molar-refractivity contribution in [2.24, 2.45) is 0 Å². The minimum absolute atomic E-state index is 0.0457. The van der Waals surface area contributed by atoms with Crippen molar-refractivity contribution in [3.05, 3.63) is 11.9 Å². The monoisotopic (exact) mass is 212 g/mol. The number of amides is 1. The molecule has 0 aliphatic heterocycles. The highest BCUT2D eigenvalue weighted by molar-refractivity contribution is 5.72. The average Bonchev–Trinajstić information content (AvgIpc) is 2.62. The van der Waals surface area contributed by atoms with Crippen molar-refractivity contribution in [1.82, 2.24) is 20.3 Å². The lowest BCUT2D eigenvalue weighted by Gasteiger charge is -2.00. The Hall–Kier alpha value is -1.43. The Morgan fingerprint density at radius 2 is 2.47 bits per heavy atom. The number of aromatic nitrogens is 3. The number of nitrogens with one attached hydrogen (secondary N) is 1. The fraction of sp³-hybridized carbons (Fsp3) is 0.667. The molecule has 6 heteroatoms. The third-order valence-electron chi connectivity index (χ3n) is 1.89. The highest BCUT2D eigenvalue weighted by Crippen LogP contribution is 1.96. The van der Waals surface area contributed by atoms with Crippen LogP contribution >= 0.6 is 0 Å². The first-order valence-corrected chi connectivity index (χ1v) is 4.96. The van der Waals surface area contributed by atoms with Crippen LogP contribution in [0.3, 0.4) is 0 Å². The summed E-state index contributed by atoms with van der Waals surface area (Å²) in [6, 6.07) is 0. The molecule has 2 N–H and O–H groups in total. The van der Waals surface area contributed by atoms with Crippen LogP contribution in [0.4, 0.5) is 0 Å². The Morgan fingerprint density at radius 1 is 1.67 bits per heavy atom. The van der Waals surface area contributed by atoms with Crippen LogP contribution in [0.15, 0.2) is 6.20 Å². The van der Waals surface area contributed by atoms with Crippen molar-refractivity contribution in [3.63, 3.8) is 0 Å². The molecule has 0 unspecified atom stereocenters. The van der Waals surface area contributed by atoms with Gasteiger partial charge in [0.05, 0.1) is 12.2 Å². The average molecular weight is 212 g/mol. The summed E-state index contributed by atoms with van der Waals surface area (Å²) in [7, 11) is 0. The largest absolute Gasteiger partial charge is 0.396 e. The lowest BCUT2D eigenvalue weighted by Crippen LogP contribution is -2.24. The smallest absolute Gasteiger partial charge is 0.216 e. The molecule has 0 aromatic carbocycles. The third kappa shape index (κ3) is 4.55. The van der Waals surface area contributed by atoms with Gasteiger partial charge in [-0.3, -0.25) is 9.48 Å². The minimum atomic E-state index is -0.0457. The van der Waals surface area contributed by atoms with Crippen molar-refractivity contribution in [2.45, 2.75) is 26.3 Å². The van der Waals surface area contributed by atoms with E-state index in [-0.39, 0.29) is 12.5 Å². The van der Waals surface area contributed by atoms with E-state index in [9.17, 15) is 4.79 Å². The Balaban J connectivity index is 2.29. The highest BCUT2D eigenvalue weighted by Gasteiger charge is 2.00. The summed E-state index contributed by atoms with van der Waals surface area (Å²) in [5.41, 5.74) is 0.867. The molecule has 0 aliphatic carbocycles. The topological polar surface area (TPSA) is 80.0 Å². The SMILES string of the molecule is CC(=O)NCCn1cc(CCCO)nn1. The number of hydrogen-bond donors (Lipinski definition) is 2. The number of carbonyl (C=O) groups excluding carboxylic acids is 1. The van der Waals surface area contributed by atoms with E-state index >= 15 is 0 Å². The Morgan fingerprint density at radius 3 is 3.13 bits per heavy atom. The Labute approximate surface area is 88.3 Å². The molecule has 0 fully saturated rings. The number of aliphatic hydroxyl groups excluding tert-OH is 1. The number of hydrogen-bond acceptors (Lipinski definition) is 4. The second-order valence-corrected chi connectivity index (χ2v) is 3.28. The molecule has 1 heterocycles. The maximum absolute atomic E-state index is 10.6. The minimum Gasteiger partial charge on any atom is -0.396 e. The first-order valence-electron chi connectivity index (χ1n) is 4.96. The van der Waals surface area contributed by atoms with E-state index in [2.05, 4.69) is 15.6 Å². The van der Waals surface area contributed by atoms with E-state index in [0.29, 0.717) is 19.5 Å². The third-order valence-corrected chi connectivity index (χ3v) is 1.89. The molecular weight excluding hydrogens is 196 g/mol. The number of carbonyl (C=O) groups is 1.